The van der Waals surface area contributed by atoms with Crippen molar-refractivity contribution in [3.05, 3.63) is 24.0 Å². The normalized spacial score (nSPS) is 8.55. The van der Waals surface area contributed by atoms with E-state index in [4.69, 9.17) is 4.74 Å². The van der Waals surface area contributed by atoms with Crippen molar-refractivity contribution in [2.45, 2.75) is 5.33 Å². The molecule has 0 aliphatic carbocycles. The summed E-state index contributed by atoms with van der Waals surface area (Å²) in [7, 11) is 1.63. The van der Waals surface area contributed by atoms with Crippen molar-refractivity contribution >= 4 is 32.9 Å². The molecule has 1 aromatic rings. The van der Waals surface area contributed by atoms with Crippen LogP contribution in [-0.2, 0) is 5.33 Å². The number of nitrogens with zero attached hydrogens (tertiary/aromatic N) is 1. The molecule has 0 saturated carbocycles. The van der Waals surface area contributed by atoms with E-state index in [1.165, 1.54) is 0 Å². The van der Waals surface area contributed by atoms with E-state index in [2.05, 4.69) is 20.9 Å². The molecule has 1 aromatic heterocycles. The lowest BCUT2D eigenvalue weighted by atomic mass is 10.3. The fraction of sp³-hybridized carbons (Fsp3) is 0.286. The summed E-state index contributed by atoms with van der Waals surface area (Å²) < 4.78 is 4.97. The zero-order valence-corrected chi connectivity index (χ0v) is 9.38. The number of alkyl halides is 1. The fourth-order valence-corrected chi connectivity index (χ4v) is 0.955. The van der Waals surface area contributed by atoms with Crippen LogP contribution in [0.3, 0.4) is 0 Å². The Bertz CT molecular complexity index is 198. The lowest BCUT2D eigenvalue weighted by molar-refractivity contribution is 0.412. The Hall–Kier alpha value is -0.0900. The third kappa shape index (κ3) is 3.20. The number of hydrogen-bond acceptors (Lipinski definition) is 2. The molecule has 0 N–H and O–H groups in total. The minimum atomic E-state index is 0. The minimum Gasteiger partial charge on any atom is -0.495 e. The average molecular weight is 283 g/mol. The maximum atomic E-state index is 4.97. The van der Waals surface area contributed by atoms with Crippen LogP contribution in [-0.4, -0.2) is 12.1 Å². The lowest BCUT2D eigenvalue weighted by Crippen LogP contribution is -1.86. The second-order valence-corrected chi connectivity index (χ2v) is 2.43. The smallest absolute Gasteiger partial charge is 0.137 e. The highest BCUT2D eigenvalue weighted by Gasteiger charge is 1.92. The molecule has 11 heavy (non-hydrogen) atoms. The Morgan fingerprint density at radius 2 is 2.27 bits per heavy atom. The van der Waals surface area contributed by atoms with Gasteiger partial charge in [-0.2, -0.15) is 0 Å². The molecule has 0 aliphatic heterocycles. The molecule has 0 atom stereocenters. The molecule has 0 amide bonds. The van der Waals surface area contributed by atoms with E-state index < -0.39 is 0 Å². The molecule has 0 unspecified atom stereocenters. The summed E-state index contributed by atoms with van der Waals surface area (Å²) in [6, 6.07) is 1.95. The summed E-state index contributed by atoms with van der Waals surface area (Å²) in [4.78, 5) is 3.97. The van der Waals surface area contributed by atoms with Crippen LogP contribution in [0.5, 0.6) is 5.75 Å². The van der Waals surface area contributed by atoms with Crippen LogP contribution >= 0.6 is 32.9 Å². The van der Waals surface area contributed by atoms with E-state index in [9.17, 15) is 0 Å². The van der Waals surface area contributed by atoms with Gasteiger partial charge in [0.15, 0.2) is 0 Å². The van der Waals surface area contributed by atoms with Crippen molar-refractivity contribution in [3.8, 4) is 5.75 Å². The van der Waals surface area contributed by atoms with Crippen molar-refractivity contribution in [1.29, 1.82) is 0 Å². The van der Waals surface area contributed by atoms with Crippen LogP contribution in [0, 0.1) is 0 Å². The summed E-state index contributed by atoms with van der Waals surface area (Å²) in [6.07, 6.45) is 3.49. The highest BCUT2D eigenvalue weighted by atomic mass is 79.9. The maximum Gasteiger partial charge on any atom is 0.137 e. The number of halogens is 2. The molecule has 0 saturated heterocycles. The predicted molar refractivity (Wildman–Crippen MR) is 53.7 cm³/mol. The van der Waals surface area contributed by atoms with Crippen molar-refractivity contribution in [3.63, 3.8) is 0 Å². The number of methoxy groups -OCH3 is 1. The molecular weight excluding hydrogens is 274 g/mol. The molecule has 0 aromatic carbocycles. The highest BCUT2D eigenvalue weighted by molar-refractivity contribution is 9.08. The molecule has 0 fully saturated rings. The molecule has 62 valence electrons. The molecule has 1 heterocycles. The largest absolute Gasteiger partial charge is 0.495 e. The topological polar surface area (TPSA) is 22.1 Å². The first kappa shape index (κ1) is 10.9. The zero-order valence-electron chi connectivity index (χ0n) is 6.08. The van der Waals surface area contributed by atoms with E-state index in [0.717, 1.165) is 16.6 Å². The first-order valence-electron chi connectivity index (χ1n) is 2.90. The van der Waals surface area contributed by atoms with Gasteiger partial charge in [0, 0.05) is 11.5 Å². The van der Waals surface area contributed by atoms with Crippen molar-refractivity contribution in [2.24, 2.45) is 0 Å². The van der Waals surface area contributed by atoms with E-state index in [-0.39, 0.29) is 17.0 Å². The van der Waals surface area contributed by atoms with Gasteiger partial charge >= 0.3 is 0 Å². The number of ether oxygens (including phenoxy) is 1. The molecule has 4 heteroatoms. The van der Waals surface area contributed by atoms with Crippen LogP contribution in [0.1, 0.15) is 5.56 Å². The second-order valence-electron chi connectivity index (χ2n) is 1.87. The first-order valence-corrected chi connectivity index (χ1v) is 4.03. The Balaban J connectivity index is 0.000001000. The third-order valence-corrected chi connectivity index (χ3v) is 1.81. The van der Waals surface area contributed by atoms with Crippen LogP contribution in [0.25, 0.3) is 0 Å². The van der Waals surface area contributed by atoms with Gasteiger partial charge in [-0.1, -0.05) is 15.9 Å². The first-order chi connectivity index (χ1) is 4.86. The standard InChI is InChI=1S/C7H8BrNO.BrH/c1-10-7-2-6(3-8)4-9-5-7;/h2,4-5H,3H2,1H3;1H. The molecule has 0 spiro atoms. The van der Waals surface area contributed by atoms with E-state index in [1.54, 1.807) is 19.5 Å². The van der Waals surface area contributed by atoms with E-state index >= 15 is 0 Å². The lowest BCUT2D eigenvalue weighted by Gasteiger charge is -1.98. The summed E-state index contributed by atoms with van der Waals surface area (Å²) in [5.74, 6) is 0.803. The number of rotatable bonds is 2. The molecular formula is C7H9Br2NO. The molecule has 0 aliphatic rings. The second kappa shape index (κ2) is 5.55. The average Bonchev–Trinajstić information content (AvgIpc) is 2.05. The number of hydrogen-bond donors (Lipinski definition) is 0. The van der Waals surface area contributed by atoms with Crippen LogP contribution in [0.15, 0.2) is 18.5 Å². The van der Waals surface area contributed by atoms with Crippen molar-refractivity contribution in [1.82, 2.24) is 4.98 Å². The van der Waals surface area contributed by atoms with Gasteiger partial charge in [-0.3, -0.25) is 4.98 Å². The van der Waals surface area contributed by atoms with Gasteiger partial charge < -0.3 is 4.74 Å². The van der Waals surface area contributed by atoms with Gasteiger partial charge in [-0.15, -0.1) is 17.0 Å². The van der Waals surface area contributed by atoms with Gasteiger partial charge in [0.1, 0.15) is 5.75 Å². The summed E-state index contributed by atoms with van der Waals surface area (Å²) in [6.45, 7) is 0. The summed E-state index contributed by atoms with van der Waals surface area (Å²) in [5.41, 5.74) is 1.12. The van der Waals surface area contributed by atoms with E-state index in [0.29, 0.717) is 0 Å². The molecule has 0 bridgehead atoms. The van der Waals surface area contributed by atoms with Gasteiger partial charge in [-0.05, 0) is 11.6 Å². The number of aromatic nitrogens is 1. The Morgan fingerprint density at radius 1 is 1.55 bits per heavy atom. The van der Waals surface area contributed by atoms with Crippen molar-refractivity contribution in [2.75, 3.05) is 7.11 Å². The van der Waals surface area contributed by atoms with Gasteiger partial charge in [0.25, 0.3) is 0 Å². The fourth-order valence-electron chi connectivity index (χ4n) is 0.648. The van der Waals surface area contributed by atoms with Crippen LogP contribution < -0.4 is 4.74 Å². The highest BCUT2D eigenvalue weighted by Crippen LogP contribution is 2.11. The Morgan fingerprint density at radius 3 is 2.82 bits per heavy atom. The quantitative estimate of drug-likeness (QED) is 0.778. The summed E-state index contributed by atoms with van der Waals surface area (Å²) in [5, 5.41) is 0.817. The monoisotopic (exact) mass is 281 g/mol. The molecule has 2 nitrogen and oxygen atoms in total. The van der Waals surface area contributed by atoms with Gasteiger partial charge in [-0.25, -0.2) is 0 Å². The zero-order chi connectivity index (χ0) is 7.40. The van der Waals surface area contributed by atoms with E-state index in [1.807, 2.05) is 6.07 Å². The summed E-state index contributed by atoms with van der Waals surface area (Å²) >= 11 is 3.33. The SMILES string of the molecule is Br.COc1cncc(CBr)c1. The Kier molecular flexibility index (Phi) is 5.50. The maximum absolute atomic E-state index is 4.97. The molecule has 0 radical (unpaired) electrons. The van der Waals surface area contributed by atoms with Gasteiger partial charge in [0.2, 0.25) is 0 Å². The van der Waals surface area contributed by atoms with Crippen molar-refractivity contribution < 1.29 is 4.74 Å². The number of pyridine rings is 1. The van der Waals surface area contributed by atoms with Crippen LogP contribution in [0.4, 0.5) is 0 Å². The van der Waals surface area contributed by atoms with Crippen LogP contribution in [0.2, 0.25) is 0 Å². The molecule has 1 rings (SSSR count). The predicted octanol–water partition coefficient (Wildman–Crippen LogP) is 2.56. The Labute approximate surface area is 84.9 Å². The third-order valence-electron chi connectivity index (χ3n) is 1.16. The minimum absolute atomic E-state index is 0. The van der Waals surface area contributed by atoms with Gasteiger partial charge in [0.05, 0.1) is 13.3 Å².